The zero-order valence-electron chi connectivity index (χ0n) is 18.3. The van der Waals surface area contributed by atoms with Crippen LogP contribution in [-0.2, 0) is 33.9 Å². The molecule has 1 saturated heterocycles. The van der Waals surface area contributed by atoms with E-state index in [1.54, 1.807) is 16.6 Å². The first-order valence-corrected chi connectivity index (χ1v) is 10.6. The largest absolute Gasteiger partial charge is 0.383 e. The van der Waals surface area contributed by atoms with E-state index in [1.165, 1.54) is 10.9 Å². The molecule has 2 aromatic heterocycles. The summed E-state index contributed by atoms with van der Waals surface area (Å²) < 4.78 is 14.8. The van der Waals surface area contributed by atoms with Gasteiger partial charge in [0.05, 0.1) is 32.2 Å². The van der Waals surface area contributed by atoms with Gasteiger partial charge in [-0.3, -0.25) is 14.2 Å². The number of benzene rings is 1. The van der Waals surface area contributed by atoms with Gasteiger partial charge in [-0.05, 0) is 12.5 Å². The van der Waals surface area contributed by atoms with Crippen molar-refractivity contribution in [3.63, 3.8) is 0 Å². The van der Waals surface area contributed by atoms with Gasteiger partial charge in [0.25, 0.3) is 5.56 Å². The number of methoxy groups -OCH3 is 1. The van der Waals surface area contributed by atoms with Crippen LogP contribution in [0.4, 0.5) is 0 Å². The summed E-state index contributed by atoms with van der Waals surface area (Å²) in [6, 6.07) is 9.46. The molecule has 32 heavy (non-hydrogen) atoms. The predicted octanol–water partition coefficient (Wildman–Crippen LogP) is 0.302. The van der Waals surface area contributed by atoms with E-state index < -0.39 is 11.2 Å². The lowest BCUT2D eigenvalue weighted by Crippen LogP contribution is -2.49. The lowest BCUT2D eigenvalue weighted by atomic mass is 10.2. The molecule has 1 aliphatic heterocycles. The third-order valence-electron chi connectivity index (χ3n) is 5.59. The van der Waals surface area contributed by atoms with Crippen LogP contribution in [-0.4, -0.2) is 69.0 Å². The Morgan fingerprint density at radius 3 is 2.72 bits per heavy atom. The highest BCUT2D eigenvalue weighted by molar-refractivity contribution is 5.77. The molecule has 10 nitrogen and oxygen atoms in total. The number of hydrogen-bond donors (Lipinski definition) is 0. The van der Waals surface area contributed by atoms with Gasteiger partial charge in [0.1, 0.15) is 6.54 Å². The van der Waals surface area contributed by atoms with Gasteiger partial charge in [-0.2, -0.15) is 0 Å². The number of carbonyl (C=O) groups excluding carboxylic acids is 1. The molecule has 0 saturated carbocycles. The van der Waals surface area contributed by atoms with E-state index in [9.17, 15) is 14.4 Å². The summed E-state index contributed by atoms with van der Waals surface area (Å²) in [5, 5.41) is 0. The van der Waals surface area contributed by atoms with Gasteiger partial charge in [0.2, 0.25) is 5.91 Å². The number of ether oxygens (including phenoxy) is 2. The van der Waals surface area contributed by atoms with Gasteiger partial charge in [-0.1, -0.05) is 30.3 Å². The van der Waals surface area contributed by atoms with E-state index in [1.807, 2.05) is 37.3 Å². The topological polar surface area (TPSA) is 101 Å². The van der Waals surface area contributed by atoms with Crippen LogP contribution in [0, 0.1) is 0 Å². The van der Waals surface area contributed by atoms with Crippen LogP contribution >= 0.6 is 0 Å². The standard InChI is InChI=1S/C22H27N5O5/c1-16-12-24(9-11-32-16)18(28)14-27-21(29)19-20(23-15-25(19)8-10-31-2)26(22(27)30)13-17-6-4-3-5-7-17/h3-7,15-16H,8-14H2,1-2H3. The van der Waals surface area contributed by atoms with Gasteiger partial charge >= 0.3 is 5.69 Å². The molecule has 1 aliphatic rings. The summed E-state index contributed by atoms with van der Waals surface area (Å²) in [5.74, 6) is -0.284. The van der Waals surface area contributed by atoms with Crippen LogP contribution in [0.1, 0.15) is 12.5 Å². The Morgan fingerprint density at radius 2 is 2.00 bits per heavy atom. The molecular weight excluding hydrogens is 414 g/mol. The first-order chi connectivity index (χ1) is 15.5. The fourth-order valence-electron chi connectivity index (χ4n) is 3.93. The van der Waals surface area contributed by atoms with Crippen molar-refractivity contribution in [3.8, 4) is 0 Å². The van der Waals surface area contributed by atoms with Crippen LogP contribution < -0.4 is 11.2 Å². The zero-order chi connectivity index (χ0) is 22.7. The second kappa shape index (κ2) is 9.49. The average molecular weight is 441 g/mol. The number of morpholine rings is 1. The number of carbonyl (C=O) groups is 1. The Labute approximate surface area is 184 Å². The quantitative estimate of drug-likeness (QED) is 0.523. The van der Waals surface area contributed by atoms with E-state index >= 15 is 0 Å². The van der Waals surface area contributed by atoms with Gasteiger partial charge in [-0.15, -0.1) is 0 Å². The lowest BCUT2D eigenvalue weighted by Gasteiger charge is -2.31. The van der Waals surface area contributed by atoms with Crippen LogP contribution in [0.3, 0.4) is 0 Å². The van der Waals surface area contributed by atoms with Crippen molar-refractivity contribution in [2.24, 2.45) is 0 Å². The third kappa shape index (κ3) is 4.37. The third-order valence-corrected chi connectivity index (χ3v) is 5.59. The van der Waals surface area contributed by atoms with Crippen molar-refractivity contribution in [2.75, 3.05) is 33.4 Å². The number of amides is 1. The molecule has 10 heteroatoms. The molecule has 1 atom stereocenters. The van der Waals surface area contributed by atoms with Crippen molar-refractivity contribution >= 4 is 17.1 Å². The maximum atomic E-state index is 13.4. The van der Waals surface area contributed by atoms with Crippen LogP contribution in [0.15, 0.2) is 46.2 Å². The number of imidazole rings is 1. The minimum atomic E-state index is -0.557. The number of hydrogen-bond acceptors (Lipinski definition) is 6. The van der Waals surface area contributed by atoms with Crippen molar-refractivity contribution in [1.29, 1.82) is 0 Å². The first-order valence-electron chi connectivity index (χ1n) is 10.6. The monoisotopic (exact) mass is 441 g/mol. The highest BCUT2D eigenvalue weighted by Crippen LogP contribution is 2.11. The SMILES string of the molecule is COCCn1cnc2c1c(=O)n(CC(=O)N1CCOC(C)C1)c(=O)n2Cc1ccccc1. The van der Waals surface area contributed by atoms with E-state index in [4.69, 9.17) is 9.47 Å². The molecule has 0 N–H and O–H groups in total. The summed E-state index contributed by atoms with van der Waals surface area (Å²) in [4.78, 5) is 45.6. The summed E-state index contributed by atoms with van der Waals surface area (Å²) in [6.07, 6.45) is 1.44. The second-order valence-corrected chi connectivity index (χ2v) is 7.87. The molecule has 0 spiro atoms. The molecule has 0 bridgehead atoms. The Kier molecular flexibility index (Phi) is 6.52. The second-order valence-electron chi connectivity index (χ2n) is 7.87. The van der Waals surface area contributed by atoms with E-state index in [0.29, 0.717) is 38.5 Å². The maximum absolute atomic E-state index is 13.4. The van der Waals surface area contributed by atoms with E-state index in [0.717, 1.165) is 10.1 Å². The molecule has 4 rings (SSSR count). The molecule has 170 valence electrons. The van der Waals surface area contributed by atoms with Gasteiger partial charge in [0.15, 0.2) is 11.2 Å². The van der Waals surface area contributed by atoms with Gasteiger partial charge in [0, 0.05) is 26.7 Å². The Hall–Kier alpha value is -3.24. The minimum Gasteiger partial charge on any atom is -0.383 e. The number of aromatic nitrogens is 4. The average Bonchev–Trinajstić information content (AvgIpc) is 3.22. The predicted molar refractivity (Wildman–Crippen MR) is 118 cm³/mol. The van der Waals surface area contributed by atoms with Gasteiger partial charge < -0.3 is 18.9 Å². The fourth-order valence-corrected chi connectivity index (χ4v) is 3.93. The molecule has 0 aliphatic carbocycles. The molecule has 1 aromatic carbocycles. The van der Waals surface area contributed by atoms with Gasteiger partial charge in [-0.25, -0.2) is 14.3 Å². The smallest absolute Gasteiger partial charge is 0.333 e. The molecule has 0 radical (unpaired) electrons. The van der Waals surface area contributed by atoms with Crippen molar-refractivity contribution in [1.82, 2.24) is 23.6 Å². The summed E-state index contributed by atoms with van der Waals surface area (Å²) in [7, 11) is 1.57. The zero-order valence-corrected chi connectivity index (χ0v) is 18.3. The molecular formula is C22H27N5O5. The van der Waals surface area contributed by atoms with Crippen molar-refractivity contribution in [2.45, 2.75) is 32.7 Å². The molecule has 1 amide bonds. The summed E-state index contributed by atoms with van der Waals surface area (Å²) in [5.41, 5.74) is 0.376. The lowest BCUT2D eigenvalue weighted by molar-refractivity contribution is -0.138. The highest BCUT2D eigenvalue weighted by atomic mass is 16.5. The summed E-state index contributed by atoms with van der Waals surface area (Å²) >= 11 is 0. The maximum Gasteiger partial charge on any atom is 0.333 e. The Morgan fingerprint density at radius 1 is 1.22 bits per heavy atom. The Bertz CT molecular complexity index is 1210. The number of fused-ring (bicyclic) bond motifs is 1. The Balaban J connectivity index is 1.79. The first kappa shape index (κ1) is 22.0. The molecule has 3 aromatic rings. The minimum absolute atomic E-state index is 0.0860. The van der Waals surface area contributed by atoms with Crippen molar-refractivity contribution < 1.29 is 14.3 Å². The van der Waals surface area contributed by atoms with Crippen LogP contribution in [0.5, 0.6) is 0 Å². The summed E-state index contributed by atoms with van der Waals surface area (Å²) in [6.45, 7) is 3.88. The number of rotatable bonds is 7. The normalized spacial score (nSPS) is 16.6. The van der Waals surface area contributed by atoms with Crippen LogP contribution in [0.25, 0.3) is 11.2 Å². The highest BCUT2D eigenvalue weighted by Gasteiger charge is 2.25. The number of nitrogens with zero attached hydrogens (tertiary/aromatic N) is 5. The van der Waals surface area contributed by atoms with E-state index in [-0.39, 0.29) is 30.6 Å². The van der Waals surface area contributed by atoms with Crippen molar-refractivity contribution in [3.05, 3.63) is 63.1 Å². The molecule has 3 heterocycles. The van der Waals surface area contributed by atoms with E-state index in [2.05, 4.69) is 4.98 Å². The fraction of sp³-hybridized carbons (Fsp3) is 0.455. The molecule has 1 unspecified atom stereocenters. The van der Waals surface area contributed by atoms with Crippen LogP contribution in [0.2, 0.25) is 0 Å². The molecule has 1 fully saturated rings.